The van der Waals surface area contributed by atoms with E-state index in [9.17, 15) is 0 Å². The summed E-state index contributed by atoms with van der Waals surface area (Å²) in [5, 5.41) is 1.26. The van der Waals surface area contributed by atoms with Crippen LogP contribution in [-0.2, 0) is 7.05 Å². The number of nitrogens with zero attached hydrogens (tertiary/aromatic N) is 4. The van der Waals surface area contributed by atoms with Gasteiger partial charge in [0.2, 0.25) is 0 Å². The summed E-state index contributed by atoms with van der Waals surface area (Å²) < 4.78 is 2.08. The molecule has 1 saturated heterocycles. The third kappa shape index (κ3) is 1.78. The van der Waals surface area contributed by atoms with Crippen molar-refractivity contribution in [2.24, 2.45) is 7.05 Å². The number of pyridine rings is 1. The minimum Gasteiger partial charge on any atom is -0.368 e. The van der Waals surface area contributed by atoms with Crippen LogP contribution in [0.25, 0.3) is 11.0 Å². The molecular weight excluding hydrogens is 212 g/mol. The average Bonchev–Trinajstić information content (AvgIpc) is 2.73. The fourth-order valence-electron chi connectivity index (χ4n) is 2.47. The van der Waals surface area contributed by atoms with Crippen molar-refractivity contribution < 1.29 is 0 Å². The van der Waals surface area contributed by atoms with E-state index in [0.29, 0.717) is 0 Å². The van der Waals surface area contributed by atoms with Crippen molar-refractivity contribution in [2.45, 2.75) is 0 Å². The standard InChI is InChI=1S/C13H18N4/c1-15-7-9-17(10-8-15)12-3-5-14-13-11(12)4-6-16(13)2/h3-6H,7-10H2,1-2H3. The second-order valence-electron chi connectivity index (χ2n) is 4.78. The summed E-state index contributed by atoms with van der Waals surface area (Å²) in [6.07, 6.45) is 3.99. The van der Waals surface area contributed by atoms with Crippen LogP contribution >= 0.6 is 0 Å². The fraction of sp³-hybridized carbons (Fsp3) is 0.462. The molecule has 0 spiro atoms. The molecule has 4 heteroatoms. The summed E-state index contributed by atoms with van der Waals surface area (Å²) in [6.45, 7) is 4.47. The Morgan fingerprint density at radius 3 is 2.59 bits per heavy atom. The number of aromatic nitrogens is 2. The van der Waals surface area contributed by atoms with Gasteiger partial charge in [0, 0.05) is 56.7 Å². The Bertz CT molecular complexity index is 523. The molecule has 0 aliphatic carbocycles. The molecule has 2 aromatic heterocycles. The van der Waals surface area contributed by atoms with E-state index in [1.54, 1.807) is 0 Å². The summed E-state index contributed by atoms with van der Waals surface area (Å²) in [5.41, 5.74) is 2.39. The lowest BCUT2D eigenvalue weighted by molar-refractivity contribution is 0.313. The first kappa shape index (κ1) is 10.6. The molecule has 2 aromatic rings. The number of piperazine rings is 1. The van der Waals surface area contributed by atoms with Gasteiger partial charge in [-0.05, 0) is 19.2 Å². The van der Waals surface area contributed by atoms with Crippen molar-refractivity contribution in [2.75, 3.05) is 38.1 Å². The molecule has 17 heavy (non-hydrogen) atoms. The molecule has 0 unspecified atom stereocenters. The zero-order chi connectivity index (χ0) is 11.8. The minimum atomic E-state index is 1.07. The Kier molecular flexibility index (Phi) is 2.52. The molecule has 3 rings (SSSR count). The summed E-state index contributed by atoms with van der Waals surface area (Å²) in [6, 6.07) is 4.30. The van der Waals surface area contributed by atoms with E-state index in [0.717, 1.165) is 31.8 Å². The molecule has 1 aliphatic rings. The predicted molar refractivity (Wildman–Crippen MR) is 70.4 cm³/mol. The first-order valence-corrected chi connectivity index (χ1v) is 6.09. The summed E-state index contributed by atoms with van der Waals surface area (Å²) in [5.74, 6) is 0. The smallest absolute Gasteiger partial charge is 0.141 e. The van der Waals surface area contributed by atoms with Gasteiger partial charge in [0.1, 0.15) is 5.65 Å². The van der Waals surface area contributed by atoms with Crippen molar-refractivity contribution in [1.29, 1.82) is 0 Å². The molecule has 1 fully saturated rings. The van der Waals surface area contributed by atoms with Gasteiger partial charge in [-0.25, -0.2) is 4.98 Å². The maximum absolute atomic E-state index is 4.44. The summed E-state index contributed by atoms with van der Waals surface area (Å²) in [7, 11) is 4.23. The molecular formula is C13H18N4. The molecule has 0 aromatic carbocycles. The van der Waals surface area contributed by atoms with Crippen LogP contribution < -0.4 is 4.90 Å². The molecule has 3 heterocycles. The largest absolute Gasteiger partial charge is 0.368 e. The van der Waals surface area contributed by atoms with E-state index in [4.69, 9.17) is 0 Å². The lowest BCUT2D eigenvalue weighted by Crippen LogP contribution is -2.44. The van der Waals surface area contributed by atoms with Crippen LogP contribution in [0.5, 0.6) is 0 Å². The fourth-order valence-corrected chi connectivity index (χ4v) is 2.47. The number of hydrogen-bond acceptors (Lipinski definition) is 3. The zero-order valence-corrected chi connectivity index (χ0v) is 10.4. The van der Waals surface area contributed by atoms with Crippen LogP contribution in [-0.4, -0.2) is 47.7 Å². The highest BCUT2D eigenvalue weighted by molar-refractivity contribution is 5.90. The normalized spacial score (nSPS) is 17.9. The second-order valence-corrected chi connectivity index (χ2v) is 4.78. The lowest BCUT2D eigenvalue weighted by Gasteiger charge is -2.34. The van der Waals surface area contributed by atoms with Crippen LogP contribution in [0.3, 0.4) is 0 Å². The van der Waals surface area contributed by atoms with Crippen LogP contribution in [0, 0.1) is 0 Å². The van der Waals surface area contributed by atoms with Gasteiger partial charge in [-0.15, -0.1) is 0 Å². The SMILES string of the molecule is CN1CCN(c2ccnc3c2ccn3C)CC1. The quantitative estimate of drug-likeness (QED) is 0.738. The summed E-state index contributed by atoms with van der Waals surface area (Å²) >= 11 is 0. The third-order valence-corrected chi connectivity index (χ3v) is 3.59. The first-order valence-electron chi connectivity index (χ1n) is 6.09. The molecule has 90 valence electrons. The number of aryl methyl sites for hydroxylation is 1. The van der Waals surface area contributed by atoms with Crippen LogP contribution in [0.1, 0.15) is 0 Å². The highest BCUT2D eigenvalue weighted by Crippen LogP contribution is 2.26. The van der Waals surface area contributed by atoms with Crippen LogP contribution in [0.15, 0.2) is 24.5 Å². The molecule has 0 N–H and O–H groups in total. The van der Waals surface area contributed by atoms with Crippen molar-refractivity contribution in [3.63, 3.8) is 0 Å². The zero-order valence-electron chi connectivity index (χ0n) is 10.4. The van der Waals surface area contributed by atoms with Gasteiger partial charge < -0.3 is 14.4 Å². The van der Waals surface area contributed by atoms with E-state index >= 15 is 0 Å². The van der Waals surface area contributed by atoms with Gasteiger partial charge in [-0.1, -0.05) is 0 Å². The van der Waals surface area contributed by atoms with Crippen LogP contribution in [0.2, 0.25) is 0 Å². The summed E-state index contributed by atoms with van der Waals surface area (Å²) in [4.78, 5) is 9.27. The van der Waals surface area contributed by atoms with Crippen molar-refractivity contribution in [1.82, 2.24) is 14.5 Å². The van der Waals surface area contributed by atoms with Gasteiger partial charge in [-0.3, -0.25) is 0 Å². The van der Waals surface area contributed by atoms with Crippen LogP contribution in [0.4, 0.5) is 5.69 Å². The third-order valence-electron chi connectivity index (χ3n) is 3.59. The van der Waals surface area contributed by atoms with E-state index in [-0.39, 0.29) is 0 Å². The number of fused-ring (bicyclic) bond motifs is 1. The van der Waals surface area contributed by atoms with Gasteiger partial charge >= 0.3 is 0 Å². The van der Waals surface area contributed by atoms with E-state index in [2.05, 4.69) is 44.7 Å². The van der Waals surface area contributed by atoms with E-state index < -0.39 is 0 Å². The van der Waals surface area contributed by atoms with E-state index in [1.165, 1.54) is 11.1 Å². The molecule has 0 saturated carbocycles. The maximum atomic E-state index is 4.44. The Morgan fingerprint density at radius 1 is 1.06 bits per heavy atom. The highest BCUT2D eigenvalue weighted by atomic mass is 15.2. The maximum Gasteiger partial charge on any atom is 0.141 e. The Morgan fingerprint density at radius 2 is 1.82 bits per heavy atom. The number of likely N-dealkylation sites (N-methyl/N-ethyl adjacent to an activating group) is 1. The lowest BCUT2D eigenvalue weighted by atomic mass is 10.2. The Labute approximate surface area is 101 Å². The predicted octanol–water partition coefficient (Wildman–Crippen LogP) is 1.33. The van der Waals surface area contributed by atoms with Crippen molar-refractivity contribution in [3.8, 4) is 0 Å². The molecule has 4 nitrogen and oxygen atoms in total. The topological polar surface area (TPSA) is 24.3 Å². The number of rotatable bonds is 1. The Balaban J connectivity index is 2.00. The van der Waals surface area contributed by atoms with Gasteiger partial charge in [0.05, 0.1) is 0 Å². The molecule has 0 radical (unpaired) electrons. The molecule has 1 aliphatic heterocycles. The van der Waals surface area contributed by atoms with Crippen molar-refractivity contribution in [3.05, 3.63) is 24.5 Å². The Hall–Kier alpha value is -1.55. The van der Waals surface area contributed by atoms with E-state index in [1.807, 2.05) is 13.2 Å². The number of anilines is 1. The van der Waals surface area contributed by atoms with Gasteiger partial charge in [0.15, 0.2) is 0 Å². The number of hydrogen-bond donors (Lipinski definition) is 0. The monoisotopic (exact) mass is 230 g/mol. The first-order chi connectivity index (χ1) is 8.25. The second kappa shape index (κ2) is 4.04. The van der Waals surface area contributed by atoms with Crippen molar-refractivity contribution >= 4 is 16.7 Å². The average molecular weight is 230 g/mol. The minimum absolute atomic E-state index is 1.07. The molecule has 0 amide bonds. The van der Waals surface area contributed by atoms with Gasteiger partial charge in [0.25, 0.3) is 0 Å². The van der Waals surface area contributed by atoms with Gasteiger partial charge in [-0.2, -0.15) is 0 Å². The molecule has 0 atom stereocenters. The molecule has 0 bridgehead atoms. The highest BCUT2D eigenvalue weighted by Gasteiger charge is 2.16.